The molecular weight excluding hydrogens is 356 g/mol. The second-order valence-corrected chi connectivity index (χ2v) is 7.45. The number of nitrogens with zero attached hydrogens (tertiary/aromatic N) is 2. The Kier molecular flexibility index (Phi) is 5.31. The highest BCUT2D eigenvalue weighted by atomic mass is 15.1. The van der Waals surface area contributed by atoms with Crippen LogP contribution in [0.15, 0.2) is 71.7 Å². The van der Waals surface area contributed by atoms with Crippen LogP contribution >= 0.6 is 0 Å². The molecule has 3 aromatic carbocycles. The van der Waals surface area contributed by atoms with Crippen LogP contribution in [0, 0.1) is 18.3 Å². The molecule has 1 heterocycles. The topological polar surface area (TPSA) is 74.2 Å². The van der Waals surface area contributed by atoms with E-state index in [0.717, 1.165) is 24.0 Å². The summed E-state index contributed by atoms with van der Waals surface area (Å²) in [7, 11) is 0. The highest BCUT2D eigenvalue weighted by molar-refractivity contribution is 5.78. The van der Waals surface area contributed by atoms with Gasteiger partial charge in [0.15, 0.2) is 5.96 Å². The van der Waals surface area contributed by atoms with Crippen LogP contribution in [0.25, 0.3) is 11.1 Å². The number of fused-ring (bicyclic) bond motifs is 1. The second kappa shape index (κ2) is 8.20. The zero-order valence-electron chi connectivity index (χ0n) is 16.5. The zero-order chi connectivity index (χ0) is 20.2. The minimum atomic E-state index is 0.0849. The predicted molar refractivity (Wildman–Crippen MR) is 118 cm³/mol. The van der Waals surface area contributed by atoms with Crippen molar-refractivity contribution in [1.29, 1.82) is 5.26 Å². The van der Waals surface area contributed by atoms with Crippen LogP contribution in [0.3, 0.4) is 0 Å². The average molecular weight is 380 g/mol. The molecule has 1 unspecified atom stereocenters. The first-order valence-electron chi connectivity index (χ1n) is 9.88. The third kappa shape index (κ3) is 4.14. The van der Waals surface area contributed by atoms with E-state index in [1.165, 1.54) is 22.3 Å². The second-order valence-electron chi connectivity index (χ2n) is 7.45. The third-order valence-electron chi connectivity index (χ3n) is 5.51. The Morgan fingerprint density at radius 3 is 2.72 bits per heavy atom. The third-order valence-corrected chi connectivity index (χ3v) is 5.51. The summed E-state index contributed by atoms with van der Waals surface area (Å²) in [6.07, 6.45) is 1.74. The first-order valence-corrected chi connectivity index (χ1v) is 9.88. The molecule has 0 saturated heterocycles. The average Bonchev–Trinajstić information content (AvgIpc) is 2.74. The zero-order valence-corrected chi connectivity index (χ0v) is 16.5. The number of nitriles is 1. The van der Waals surface area contributed by atoms with Gasteiger partial charge in [-0.1, -0.05) is 54.6 Å². The Hall–Kier alpha value is -3.58. The van der Waals surface area contributed by atoms with E-state index >= 15 is 0 Å². The van der Waals surface area contributed by atoms with E-state index in [4.69, 9.17) is 11.0 Å². The SMILES string of the molecule is Cc1cc(-c2cccc(C#N)c2)ccc1CC1NC(N)=NCCc2ccccc21. The summed E-state index contributed by atoms with van der Waals surface area (Å²) in [6, 6.07) is 25.1. The lowest BCUT2D eigenvalue weighted by molar-refractivity contribution is 0.621. The van der Waals surface area contributed by atoms with Gasteiger partial charge in [0.05, 0.1) is 17.7 Å². The minimum absolute atomic E-state index is 0.0849. The molecule has 1 atom stereocenters. The Morgan fingerprint density at radius 2 is 1.90 bits per heavy atom. The summed E-state index contributed by atoms with van der Waals surface area (Å²) in [4.78, 5) is 4.42. The summed E-state index contributed by atoms with van der Waals surface area (Å²) in [6.45, 7) is 2.84. The maximum atomic E-state index is 9.16. The Balaban J connectivity index is 1.64. The van der Waals surface area contributed by atoms with Crippen molar-refractivity contribution in [3.05, 3.63) is 94.5 Å². The maximum Gasteiger partial charge on any atom is 0.189 e. The van der Waals surface area contributed by atoms with Crippen molar-refractivity contribution >= 4 is 5.96 Å². The van der Waals surface area contributed by atoms with E-state index in [1.807, 2.05) is 24.3 Å². The molecule has 1 aliphatic heterocycles. The quantitative estimate of drug-likeness (QED) is 0.712. The van der Waals surface area contributed by atoms with Crippen molar-refractivity contribution < 1.29 is 0 Å². The number of aryl methyl sites for hydroxylation is 1. The summed E-state index contributed by atoms with van der Waals surface area (Å²) in [5, 5.41) is 12.6. The number of hydrogen-bond acceptors (Lipinski definition) is 4. The van der Waals surface area contributed by atoms with Crippen molar-refractivity contribution in [1.82, 2.24) is 5.32 Å². The number of hydrogen-bond donors (Lipinski definition) is 2. The summed E-state index contributed by atoms with van der Waals surface area (Å²) < 4.78 is 0. The minimum Gasteiger partial charge on any atom is -0.370 e. The van der Waals surface area contributed by atoms with Crippen molar-refractivity contribution in [2.24, 2.45) is 10.7 Å². The van der Waals surface area contributed by atoms with Gasteiger partial charge in [0, 0.05) is 6.54 Å². The molecule has 0 amide bonds. The van der Waals surface area contributed by atoms with Crippen LogP contribution in [0.1, 0.15) is 33.9 Å². The van der Waals surface area contributed by atoms with Crippen molar-refractivity contribution in [3.63, 3.8) is 0 Å². The molecule has 0 spiro atoms. The first-order chi connectivity index (χ1) is 14.1. The van der Waals surface area contributed by atoms with E-state index in [2.05, 4.69) is 65.8 Å². The van der Waals surface area contributed by atoms with Crippen LogP contribution in [0.4, 0.5) is 0 Å². The van der Waals surface area contributed by atoms with Gasteiger partial charge in [-0.15, -0.1) is 0 Å². The Morgan fingerprint density at radius 1 is 1.07 bits per heavy atom. The normalized spacial score (nSPS) is 15.9. The molecule has 4 nitrogen and oxygen atoms in total. The molecule has 144 valence electrons. The lowest BCUT2D eigenvalue weighted by Crippen LogP contribution is -2.37. The molecule has 0 saturated carbocycles. The maximum absolute atomic E-state index is 9.16. The van der Waals surface area contributed by atoms with E-state index in [-0.39, 0.29) is 6.04 Å². The fourth-order valence-corrected chi connectivity index (χ4v) is 3.95. The molecule has 3 aromatic rings. The molecule has 3 N–H and O–H groups in total. The Bertz CT molecular complexity index is 1110. The van der Waals surface area contributed by atoms with Crippen molar-refractivity contribution in [2.45, 2.75) is 25.8 Å². The van der Waals surface area contributed by atoms with E-state index in [0.29, 0.717) is 18.1 Å². The van der Waals surface area contributed by atoms with E-state index in [1.54, 1.807) is 0 Å². The largest absolute Gasteiger partial charge is 0.370 e. The van der Waals surface area contributed by atoms with Gasteiger partial charge in [0.2, 0.25) is 0 Å². The van der Waals surface area contributed by atoms with Gasteiger partial charge in [-0.05, 0) is 65.3 Å². The highest BCUT2D eigenvalue weighted by Crippen LogP contribution is 2.28. The van der Waals surface area contributed by atoms with Gasteiger partial charge in [-0.2, -0.15) is 5.26 Å². The highest BCUT2D eigenvalue weighted by Gasteiger charge is 2.19. The van der Waals surface area contributed by atoms with Crippen molar-refractivity contribution in [2.75, 3.05) is 6.54 Å². The Labute approximate surface area is 171 Å². The molecule has 0 aliphatic carbocycles. The molecule has 0 fully saturated rings. The number of rotatable bonds is 3. The predicted octanol–water partition coefficient (Wildman–Crippen LogP) is 4.28. The fourth-order valence-electron chi connectivity index (χ4n) is 3.95. The summed E-state index contributed by atoms with van der Waals surface area (Å²) >= 11 is 0. The van der Waals surface area contributed by atoms with Gasteiger partial charge >= 0.3 is 0 Å². The van der Waals surface area contributed by atoms with Crippen molar-refractivity contribution in [3.8, 4) is 17.2 Å². The smallest absolute Gasteiger partial charge is 0.189 e. The molecule has 1 aliphatic rings. The van der Waals surface area contributed by atoms with Crippen LogP contribution in [0.2, 0.25) is 0 Å². The monoisotopic (exact) mass is 380 g/mol. The molecular formula is C25H24N4. The number of aliphatic imine (C=N–C) groups is 1. The lowest BCUT2D eigenvalue weighted by Gasteiger charge is -2.25. The lowest BCUT2D eigenvalue weighted by atomic mass is 9.90. The number of benzene rings is 3. The van der Waals surface area contributed by atoms with Gasteiger partial charge in [-0.25, -0.2) is 0 Å². The summed E-state index contributed by atoms with van der Waals surface area (Å²) in [5.41, 5.74) is 14.0. The molecule has 0 radical (unpaired) electrons. The number of nitrogens with one attached hydrogen (secondary N) is 1. The van der Waals surface area contributed by atoms with Gasteiger partial charge < -0.3 is 11.1 Å². The van der Waals surface area contributed by atoms with Gasteiger partial charge in [0.1, 0.15) is 0 Å². The van der Waals surface area contributed by atoms with Crippen LogP contribution in [-0.2, 0) is 12.8 Å². The molecule has 4 rings (SSSR count). The molecule has 0 aromatic heterocycles. The van der Waals surface area contributed by atoms with E-state index in [9.17, 15) is 0 Å². The molecule has 0 bridgehead atoms. The first kappa shape index (κ1) is 18.8. The van der Waals surface area contributed by atoms with Crippen LogP contribution < -0.4 is 11.1 Å². The van der Waals surface area contributed by atoms with Crippen LogP contribution in [-0.4, -0.2) is 12.5 Å². The van der Waals surface area contributed by atoms with Gasteiger partial charge in [0.25, 0.3) is 0 Å². The van der Waals surface area contributed by atoms with Crippen LogP contribution in [0.5, 0.6) is 0 Å². The number of nitrogens with two attached hydrogens (primary N) is 1. The molecule has 29 heavy (non-hydrogen) atoms. The fraction of sp³-hybridized carbons (Fsp3) is 0.200. The van der Waals surface area contributed by atoms with Gasteiger partial charge in [-0.3, -0.25) is 4.99 Å². The number of guanidine groups is 1. The molecule has 4 heteroatoms. The summed E-state index contributed by atoms with van der Waals surface area (Å²) in [5.74, 6) is 0.507. The standard InChI is InChI=1S/C25H24N4/c1-17-13-22(21-7-4-5-18(14-21)16-26)10-9-20(17)15-24-23-8-3-2-6-19(23)11-12-28-25(27)29-24/h2-10,13-14,24H,11-12,15H2,1H3,(H3,27,28,29). The van der Waals surface area contributed by atoms with E-state index < -0.39 is 0 Å².